The van der Waals surface area contributed by atoms with Gasteiger partial charge in [-0.15, -0.1) is 0 Å². The fourth-order valence-electron chi connectivity index (χ4n) is 2.30. The Kier molecular flexibility index (Phi) is 4.22. The van der Waals surface area contributed by atoms with Crippen LogP contribution < -0.4 is 5.32 Å². The molecule has 0 aliphatic heterocycles. The number of benzene rings is 2. The first kappa shape index (κ1) is 13.7. The molecule has 0 atom stereocenters. The van der Waals surface area contributed by atoms with Crippen molar-refractivity contribution in [2.45, 2.75) is 6.42 Å². The van der Waals surface area contributed by atoms with Gasteiger partial charge in [0.15, 0.2) is 0 Å². The van der Waals surface area contributed by atoms with Gasteiger partial charge in [0.25, 0.3) is 0 Å². The highest BCUT2D eigenvalue weighted by Crippen LogP contribution is 2.28. The molecule has 1 aromatic heterocycles. The number of imidazole rings is 1. The summed E-state index contributed by atoms with van der Waals surface area (Å²) < 4.78 is 1.92. The number of aromatic nitrogens is 2. The second-order valence-electron chi connectivity index (χ2n) is 4.77. The Hall–Kier alpha value is -2.26. The minimum atomic E-state index is 0.706. The van der Waals surface area contributed by atoms with Crippen molar-refractivity contribution in [3.63, 3.8) is 0 Å². The van der Waals surface area contributed by atoms with Crippen LogP contribution >= 0.6 is 11.6 Å². The Morgan fingerprint density at radius 1 is 1.05 bits per heavy atom. The van der Waals surface area contributed by atoms with Crippen LogP contribution in [0.3, 0.4) is 0 Å². The number of para-hydroxylation sites is 1. The third-order valence-electron chi connectivity index (χ3n) is 3.32. The number of nitrogens with one attached hydrogen (secondary N) is 1. The second kappa shape index (κ2) is 6.46. The normalized spacial score (nSPS) is 10.5. The molecule has 2 aromatic carbocycles. The zero-order valence-electron chi connectivity index (χ0n) is 11.5. The topological polar surface area (TPSA) is 29.9 Å². The maximum Gasteiger partial charge on any atom is 0.0992 e. The largest absolute Gasteiger partial charge is 0.383 e. The third-order valence-corrected chi connectivity index (χ3v) is 3.63. The summed E-state index contributed by atoms with van der Waals surface area (Å²) in [6, 6.07) is 16.3. The Balaban J connectivity index is 1.75. The number of anilines is 1. The molecule has 3 rings (SSSR count). The summed E-state index contributed by atoms with van der Waals surface area (Å²) in [7, 11) is 0. The van der Waals surface area contributed by atoms with Crippen molar-refractivity contribution in [3.05, 3.63) is 77.8 Å². The van der Waals surface area contributed by atoms with E-state index >= 15 is 0 Å². The molecule has 1 N–H and O–H groups in total. The lowest BCUT2D eigenvalue weighted by Gasteiger charge is -2.14. The van der Waals surface area contributed by atoms with E-state index in [2.05, 4.69) is 34.6 Å². The molecule has 0 bridgehead atoms. The average Bonchev–Trinajstić information content (AvgIpc) is 3.02. The first-order chi connectivity index (χ1) is 10.3. The van der Waals surface area contributed by atoms with Gasteiger partial charge in [0.2, 0.25) is 0 Å². The van der Waals surface area contributed by atoms with Gasteiger partial charge in [-0.25, -0.2) is 4.98 Å². The predicted molar refractivity (Wildman–Crippen MR) is 87.2 cm³/mol. The summed E-state index contributed by atoms with van der Waals surface area (Å²) in [6.07, 6.45) is 6.36. The molecule has 0 radical (unpaired) electrons. The van der Waals surface area contributed by atoms with Gasteiger partial charge in [0.05, 0.1) is 22.7 Å². The van der Waals surface area contributed by atoms with Gasteiger partial charge in [-0.3, -0.25) is 0 Å². The maximum absolute atomic E-state index is 6.33. The second-order valence-corrected chi connectivity index (χ2v) is 5.18. The number of halogens is 1. The molecule has 0 fully saturated rings. The molecule has 0 aliphatic carbocycles. The van der Waals surface area contributed by atoms with E-state index in [0.717, 1.165) is 24.3 Å². The van der Waals surface area contributed by atoms with E-state index in [9.17, 15) is 0 Å². The van der Waals surface area contributed by atoms with E-state index in [4.69, 9.17) is 11.6 Å². The highest BCUT2D eigenvalue weighted by Gasteiger charge is 2.08. The molecule has 1 heterocycles. The van der Waals surface area contributed by atoms with Crippen molar-refractivity contribution in [2.24, 2.45) is 0 Å². The van der Waals surface area contributed by atoms with Gasteiger partial charge in [0, 0.05) is 18.9 Å². The van der Waals surface area contributed by atoms with Crippen LogP contribution in [0.15, 0.2) is 67.3 Å². The third kappa shape index (κ3) is 3.26. The van der Waals surface area contributed by atoms with Crippen molar-refractivity contribution in [1.82, 2.24) is 9.55 Å². The molecule has 0 unspecified atom stereocenters. The van der Waals surface area contributed by atoms with Crippen molar-refractivity contribution in [3.8, 4) is 5.69 Å². The lowest BCUT2D eigenvalue weighted by atomic mass is 10.1. The molecular formula is C17H16ClN3. The predicted octanol–water partition coefficient (Wildman–Crippen LogP) is 4.18. The van der Waals surface area contributed by atoms with Crippen molar-refractivity contribution >= 4 is 17.3 Å². The van der Waals surface area contributed by atoms with Gasteiger partial charge >= 0.3 is 0 Å². The van der Waals surface area contributed by atoms with Crippen LogP contribution in [0.25, 0.3) is 5.69 Å². The minimum absolute atomic E-state index is 0.706. The molecule has 3 nitrogen and oxygen atoms in total. The Morgan fingerprint density at radius 2 is 1.90 bits per heavy atom. The van der Waals surface area contributed by atoms with Crippen LogP contribution in [0.1, 0.15) is 5.56 Å². The first-order valence-electron chi connectivity index (χ1n) is 6.89. The summed E-state index contributed by atoms with van der Waals surface area (Å²) in [6.45, 7) is 0.853. The lowest BCUT2D eigenvalue weighted by Crippen LogP contribution is -2.08. The molecular weight excluding hydrogens is 282 g/mol. The van der Waals surface area contributed by atoms with Gasteiger partial charge in [0.1, 0.15) is 0 Å². The van der Waals surface area contributed by atoms with Crippen molar-refractivity contribution < 1.29 is 0 Å². The number of hydrogen-bond acceptors (Lipinski definition) is 2. The molecule has 0 aliphatic rings. The van der Waals surface area contributed by atoms with E-state index < -0.39 is 0 Å². The highest BCUT2D eigenvalue weighted by atomic mass is 35.5. The van der Waals surface area contributed by atoms with Gasteiger partial charge in [-0.1, -0.05) is 48.0 Å². The van der Waals surface area contributed by atoms with Gasteiger partial charge < -0.3 is 9.88 Å². The van der Waals surface area contributed by atoms with Crippen LogP contribution in [0.4, 0.5) is 5.69 Å². The maximum atomic E-state index is 6.33. The van der Waals surface area contributed by atoms with Crippen LogP contribution in [0, 0.1) is 0 Å². The van der Waals surface area contributed by atoms with Gasteiger partial charge in [-0.05, 0) is 24.1 Å². The first-order valence-corrected chi connectivity index (χ1v) is 7.27. The van der Waals surface area contributed by atoms with Crippen molar-refractivity contribution in [1.29, 1.82) is 0 Å². The molecule has 3 aromatic rings. The zero-order valence-corrected chi connectivity index (χ0v) is 12.3. The van der Waals surface area contributed by atoms with E-state index in [1.165, 1.54) is 5.56 Å². The SMILES string of the molecule is Clc1cccc(NCCc2ccccc2)c1-n1ccnc1. The monoisotopic (exact) mass is 297 g/mol. The van der Waals surface area contributed by atoms with E-state index in [-0.39, 0.29) is 0 Å². The van der Waals surface area contributed by atoms with E-state index in [1.807, 2.05) is 35.0 Å². The molecule has 106 valence electrons. The fraction of sp³-hybridized carbons (Fsp3) is 0.118. The quantitative estimate of drug-likeness (QED) is 0.765. The lowest BCUT2D eigenvalue weighted by molar-refractivity contribution is 1.00. The summed E-state index contributed by atoms with van der Waals surface area (Å²) in [5.74, 6) is 0. The summed E-state index contributed by atoms with van der Waals surface area (Å²) >= 11 is 6.33. The van der Waals surface area contributed by atoms with Crippen LogP contribution in [0.5, 0.6) is 0 Å². The molecule has 4 heteroatoms. The Labute approximate surface area is 129 Å². The number of rotatable bonds is 5. The smallest absolute Gasteiger partial charge is 0.0992 e. The molecule has 0 spiro atoms. The van der Waals surface area contributed by atoms with Crippen LogP contribution in [-0.4, -0.2) is 16.1 Å². The number of hydrogen-bond donors (Lipinski definition) is 1. The molecule has 0 saturated carbocycles. The zero-order chi connectivity index (χ0) is 14.5. The Morgan fingerprint density at radius 3 is 2.67 bits per heavy atom. The Bertz CT molecular complexity index is 693. The molecule has 21 heavy (non-hydrogen) atoms. The average molecular weight is 298 g/mol. The summed E-state index contributed by atoms with van der Waals surface area (Å²) in [5, 5.41) is 4.16. The van der Waals surface area contributed by atoms with Crippen molar-refractivity contribution in [2.75, 3.05) is 11.9 Å². The molecule has 0 amide bonds. The van der Waals surface area contributed by atoms with Crippen LogP contribution in [0.2, 0.25) is 5.02 Å². The molecule has 0 saturated heterocycles. The van der Waals surface area contributed by atoms with E-state index in [1.54, 1.807) is 12.5 Å². The number of nitrogens with zero attached hydrogens (tertiary/aromatic N) is 2. The standard InChI is InChI=1S/C17H16ClN3/c18-15-7-4-8-16(17(15)21-12-11-19-13-21)20-10-9-14-5-2-1-3-6-14/h1-8,11-13,20H,9-10H2. The van der Waals surface area contributed by atoms with E-state index in [0.29, 0.717) is 5.02 Å². The van der Waals surface area contributed by atoms with Crippen LogP contribution in [-0.2, 0) is 6.42 Å². The fourth-order valence-corrected chi connectivity index (χ4v) is 2.57. The van der Waals surface area contributed by atoms with Gasteiger partial charge in [-0.2, -0.15) is 0 Å². The summed E-state index contributed by atoms with van der Waals surface area (Å²) in [4.78, 5) is 4.09. The summed E-state index contributed by atoms with van der Waals surface area (Å²) in [5.41, 5.74) is 3.26. The minimum Gasteiger partial charge on any atom is -0.383 e. The highest BCUT2D eigenvalue weighted by molar-refractivity contribution is 6.33.